The Balaban J connectivity index is 1.51. The van der Waals surface area contributed by atoms with Gasteiger partial charge in [-0.3, -0.25) is 9.80 Å². The standard InChI is InChI=1S/C23H29FN6O/c1-16-7-11-30(27-16)12-9-21(31)29-10-8-18(15-29)22-20(14-25-23(26-22)28(2)3)17-5-4-6-19(24)13-17/h4-6,13-14,18H,7-12,15H2,1-3H3. The first-order chi connectivity index (χ1) is 14.9. The molecule has 1 fully saturated rings. The van der Waals surface area contributed by atoms with Crippen molar-refractivity contribution in [1.82, 2.24) is 19.9 Å². The number of amides is 1. The summed E-state index contributed by atoms with van der Waals surface area (Å²) in [6.45, 7) is 4.90. The van der Waals surface area contributed by atoms with Crippen LogP contribution in [0.2, 0.25) is 0 Å². The quantitative estimate of drug-likeness (QED) is 0.713. The first-order valence-electron chi connectivity index (χ1n) is 10.8. The third-order valence-electron chi connectivity index (χ3n) is 5.90. The highest BCUT2D eigenvalue weighted by Gasteiger charge is 2.31. The Hall–Kier alpha value is -3.03. The van der Waals surface area contributed by atoms with E-state index in [-0.39, 0.29) is 17.6 Å². The molecule has 2 aromatic rings. The predicted molar refractivity (Wildman–Crippen MR) is 120 cm³/mol. The largest absolute Gasteiger partial charge is 0.347 e. The Morgan fingerprint density at radius 3 is 2.84 bits per heavy atom. The van der Waals surface area contributed by atoms with Gasteiger partial charge in [0.2, 0.25) is 11.9 Å². The van der Waals surface area contributed by atoms with E-state index in [0.717, 1.165) is 41.9 Å². The molecule has 0 saturated carbocycles. The minimum Gasteiger partial charge on any atom is -0.347 e. The lowest BCUT2D eigenvalue weighted by molar-refractivity contribution is -0.130. The molecule has 3 heterocycles. The zero-order valence-corrected chi connectivity index (χ0v) is 18.4. The van der Waals surface area contributed by atoms with Crippen LogP contribution in [-0.4, -0.2) is 71.8 Å². The molecule has 0 N–H and O–H groups in total. The van der Waals surface area contributed by atoms with Crippen LogP contribution >= 0.6 is 0 Å². The van der Waals surface area contributed by atoms with E-state index in [1.807, 2.05) is 41.9 Å². The molecule has 1 saturated heterocycles. The second kappa shape index (κ2) is 8.99. The number of halogens is 1. The number of rotatable bonds is 6. The molecule has 164 valence electrons. The van der Waals surface area contributed by atoms with E-state index in [2.05, 4.69) is 10.1 Å². The van der Waals surface area contributed by atoms with Crippen LogP contribution in [0.25, 0.3) is 11.1 Å². The third kappa shape index (κ3) is 4.84. The number of nitrogens with zero attached hydrogens (tertiary/aromatic N) is 6. The zero-order valence-electron chi connectivity index (χ0n) is 18.4. The molecule has 7 nitrogen and oxygen atoms in total. The first-order valence-corrected chi connectivity index (χ1v) is 10.8. The Labute approximate surface area is 182 Å². The van der Waals surface area contributed by atoms with Crippen LogP contribution < -0.4 is 4.90 Å². The number of carbonyl (C=O) groups is 1. The number of anilines is 1. The van der Waals surface area contributed by atoms with Crippen LogP contribution in [0, 0.1) is 5.82 Å². The van der Waals surface area contributed by atoms with Crippen molar-refractivity contribution in [2.45, 2.75) is 32.1 Å². The van der Waals surface area contributed by atoms with Crippen molar-refractivity contribution < 1.29 is 9.18 Å². The van der Waals surface area contributed by atoms with Gasteiger partial charge in [0, 0.05) is 76.5 Å². The van der Waals surface area contributed by atoms with E-state index in [9.17, 15) is 9.18 Å². The maximum absolute atomic E-state index is 13.9. The average molecular weight is 425 g/mol. The molecule has 1 unspecified atom stereocenters. The molecule has 1 aromatic carbocycles. The minimum absolute atomic E-state index is 0.0935. The summed E-state index contributed by atoms with van der Waals surface area (Å²) in [7, 11) is 3.79. The minimum atomic E-state index is -0.289. The number of carbonyl (C=O) groups excluding carboxylic acids is 1. The highest BCUT2D eigenvalue weighted by atomic mass is 19.1. The molecular weight excluding hydrogens is 395 g/mol. The van der Waals surface area contributed by atoms with Crippen molar-refractivity contribution in [3.8, 4) is 11.1 Å². The van der Waals surface area contributed by atoms with Crippen molar-refractivity contribution in [3.05, 3.63) is 42.0 Å². The lowest BCUT2D eigenvalue weighted by Gasteiger charge is -2.20. The maximum atomic E-state index is 13.9. The second-order valence-electron chi connectivity index (χ2n) is 8.49. The maximum Gasteiger partial charge on any atom is 0.225 e. The van der Waals surface area contributed by atoms with Crippen LogP contribution in [0.5, 0.6) is 0 Å². The van der Waals surface area contributed by atoms with Crippen LogP contribution in [0.4, 0.5) is 10.3 Å². The number of benzene rings is 1. The molecule has 2 aliphatic heterocycles. The monoisotopic (exact) mass is 424 g/mol. The van der Waals surface area contributed by atoms with Gasteiger partial charge in [-0.1, -0.05) is 12.1 Å². The van der Waals surface area contributed by atoms with E-state index in [1.165, 1.54) is 12.1 Å². The molecule has 4 rings (SSSR count). The topological polar surface area (TPSA) is 64.9 Å². The van der Waals surface area contributed by atoms with E-state index in [0.29, 0.717) is 32.0 Å². The smallest absolute Gasteiger partial charge is 0.225 e. The summed E-state index contributed by atoms with van der Waals surface area (Å²) in [5, 5.41) is 6.44. The van der Waals surface area contributed by atoms with E-state index in [1.54, 1.807) is 12.3 Å². The SMILES string of the molecule is CC1=NN(CCC(=O)N2CCC(c3nc(N(C)C)ncc3-c3cccc(F)c3)C2)CC1. The first kappa shape index (κ1) is 21.2. The van der Waals surface area contributed by atoms with Gasteiger partial charge in [-0.05, 0) is 31.0 Å². The van der Waals surface area contributed by atoms with Crippen molar-refractivity contribution in [2.24, 2.45) is 5.10 Å². The van der Waals surface area contributed by atoms with Crippen LogP contribution in [0.15, 0.2) is 35.6 Å². The van der Waals surface area contributed by atoms with Gasteiger partial charge < -0.3 is 9.80 Å². The fourth-order valence-electron chi connectivity index (χ4n) is 4.18. The van der Waals surface area contributed by atoms with Gasteiger partial charge in [0.05, 0.1) is 5.69 Å². The van der Waals surface area contributed by atoms with Gasteiger partial charge in [0.15, 0.2) is 0 Å². The van der Waals surface area contributed by atoms with Crippen LogP contribution in [-0.2, 0) is 4.79 Å². The highest BCUT2D eigenvalue weighted by Crippen LogP contribution is 2.34. The fourth-order valence-corrected chi connectivity index (χ4v) is 4.18. The molecule has 0 bridgehead atoms. The number of likely N-dealkylation sites (tertiary alicyclic amines) is 1. The van der Waals surface area contributed by atoms with Gasteiger partial charge in [-0.2, -0.15) is 5.10 Å². The fraction of sp³-hybridized carbons (Fsp3) is 0.478. The lowest BCUT2D eigenvalue weighted by atomic mass is 9.96. The summed E-state index contributed by atoms with van der Waals surface area (Å²) in [6, 6.07) is 6.51. The van der Waals surface area contributed by atoms with E-state index in [4.69, 9.17) is 4.98 Å². The number of hydrogen-bond acceptors (Lipinski definition) is 6. The van der Waals surface area contributed by atoms with Crippen molar-refractivity contribution in [2.75, 3.05) is 45.2 Å². The van der Waals surface area contributed by atoms with Crippen LogP contribution in [0.3, 0.4) is 0 Å². The molecule has 1 amide bonds. The number of hydrazone groups is 1. The molecular formula is C23H29FN6O. The number of aromatic nitrogens is 2. The Kier molecular flexibility index (Phi) is 6.15. The zero-order chi connectivity index (χ0) is 22.0. The highest BCUT2D eigenvalue weighted by molar-refractivity contribution is 5.83. The molecule has 31 heavy (non-hydrogen) atoms. The summed E-state index contributed by atoms with van der Waals surface area (Å²) in [5.41, 5.74) is 3.58. The molecule has 0 aliphatic carbocycles. The lowest BCUT2D eigenvalue weighted by Crippen LogP contribution is -2.31. The summed E-state index contributed by atoms with van der Waals surface area (Å²) in [5.74, 6) is 0.567. The average Bonchev–Trinajstić information content (AvgIpc) is 3.41. The molecule has 1 aromatic heterocycles. The van der Waals surface area contributed by atoms with Crippen LogP contribution in [0.1, 0.15) is 37.8 Å². The van der Waals surface area contributed by atoms with Gasteiger partial charge in [-0.25, -0.2) is 14.4 Å². The van der Waals surface area contributed by atoms with E-state index < -0.39 is 0 Å². The van der Waals surface area contributed by atoms with Gasteiger partial charge in [-0.15, -0.1) is 0 Å². The van der Waals surface area contributed by atoms with Gasteiger partial charge >= 0.3 is 0 Å². The van der Waals surface area contributed by atoms with Gasteiger partial charge in [0.25, 0.3) is 0 Å². The summed E-state index contributed by atoms with van der Waals surface area (Å²) < 4.78 is 13.9. The summed E-state index contributed by atoms with van der Waals surface area (Å²) in [6.07, 6.45) is 4.04. The van der Waals surface area contributed by atoms with Gasteiger partial charge in [0.1, 0.15) is 5.82 Å². The third-order valence-corrected chi connectivity index (χ3v) is 5.90. The number of hydrogen-bond donors (Lipinski definition) is 0. The van der Waals surface area contributed by atoms with Crippen molar-refractivity contribution in [1.29, 1.82) is 0 Å². The molecule has 0 spiro atoms. The normalized spacial score (nSPS) is 18.5. The second-order valence-corrected chi connectivity index (χ2v) is 8.49. The Bertz CT molecular complexity index is 992. The van der Waals surface area contributed by atoms with E-state index >= 15 is 0 Å². The molecule has 1 atom stereocenters. The Morgan fingerprint density at radius 1 is 1.29 bits per heavy atom. The summed E-state index contributed by atoms with van der Waals surface area (Å²) >= 11 is 0. The Morgan fingerprint density at radius 2 is 2.13 bits per heavy atom. The van der Waals surface area contributed by atoms with Crippen molar-refractivity contribution >= 4 is 17.6 Å². The summed E-state index contributed by atoms with van der Waals surface area (Å²) in [4.78, 5) is 25.8. The molecule has 2 aliphatic rings. The molecule has 8 heteroatoms. The predicted octanol–water partition coefficient (Wildman–Crippen LogP) is 3.14. The molecule has 0 radical (unpaired) electrons. The van der Waals surface area contributed by atoms with Crippen molar-refractivity contribution in [3.63, 3.8) is 0 Å².